The second kappa shape index (κ2) is 7.07. The standard InChI is InChI=1S/C16H20BrNO2/c1-3-13(10-19)18-9-14-5-7-16(20-14)12-4-6-15(17)11(2)8-12/h4-8,13,18-19H,3,9-10H2,1-2H3. The highest BCUT2D eigenvalue weighted by atomic mass is 79.9. The van der Waals surface area contributed by atoms with Crippen molar-refractivity contribution in [2.45, 2.75) is 32.9 Å². The predicted octanol–water partition coefficient (Wildman–Crippen LogP) is 3.88. The van der Waals surface area contributed by atoms with Gasteiger partial charge in [-0.15, -0.1) is 0 Å². The predicted molar refractivity (Wildman–Crippen MR) is 84.6 cm³/mol. The van der Waals surface area contributed by atoms with Gasteiger partial charge in [0.05, 0.1) is 13.2 Å². The lowest BCUT2D eigenvalue weighted by Crippen LogP contribution is -2.30. The second-order valence-electron chi connectivity index (χ2n) is 4.90. The minimum absolute atomic E-state index is 0.124. The van der Waals surface area contributed by atoms with Crippen LogP contribution in [0, 0.1) is 6.92 Å². The van der Waals surface area contributed by atoms with E-state index in [1.54, 1.807) is 0 Å². The van der Waals surface area contributed by atoms with Crippen LogP contribution >= 0.6 is 15.9 Å². The van der Waals surface area contributed by atoms with Gasteiger partial charge in [-0.2, -0.15) is 0 Å². The topological polar surface area (TPSA) is 45.4 Å². The second-order valence-corrected chi connectivity index (χ2v) is 5.75. The molecule has 1 heterocycles. The van der Waals surface area contributed by atoms with E-state index in [4.69, 9.17) is 9.52 Å². The zero-order valence-electron chi connectivity index (χ0n) is 11.8. The van der Waals surface area contributed by atoms with E-state index in [1.807, 2.05) is 31.2 Å². The zero-order chi connectivity index (χ0) is 14.5. The summed E-state index contributed by atoms with van der Waals surface area (Å²) in [6, 6.07) is 10.3. The van der Waals surface area contributed by atoms with E-state index in [2.05, 4.69) is 34.2 Å². The lowest BCUT2D eigenvalue weighted by molar-refractivity contribution is 0.235. The van der Waals surface area contributed by atoms with Crippen molar-refractivity contribution in [1.82, 2.24) is 5.32 Å². The molecular formula is C16H20BrNO2. The van der Waals surface area contributed by atoms with Crippen LogP contribution in [0.2, 0.25) is 0 Å². The molecule has 108 valence electrons. The van der Waals surface area contributed by atoms with Crippen molar-refractivity contribution in [3.05, 3.63) is 46.1 Å². The summed E-state index contributed by atoms with van der Waals surface area (Å²) in [6.45, 7) is 4.89. The largest absolute Gasteiger partial charge is 0.460 e. The molecule has 1 aromatic heterocycles. The van der Waals surface area contributed by atoms with Gasteiger partial charge in [-0.25, -0.2) is 0 Å². The molecule has 0 saturated carbocycles. The molecule has 1 atom stereocenters. The molecule has 4 heteroatoms. The maximum absolute atomic E-state index is 9.15. The molecule has 1 unspecified atom stereocenters. The molecule has 0 aliphatic carbocycles. The first-order valence-electron chi connectivity index (χ1n) is 6.83. The van der Waals surface area contributed by atoms with Crippen LogP contribution in [0.5, 0.6) is 0 Å². The first kappa shape index (κ1) is 15.3. The number of aryl methyl sites for hydroxylation is 1. The molecule has 2 rings (SSSR count). The average molecular weight is 338 g/mol. The normalized spacial score (nSPS) is 12.6. The Morgan fingerprint density at radius 3 is 2.75 bits per heavy atom. The number of aliphatic hydroxyl groups excluding tert-OH is 1. The number of benzene rings is 1. The molecule has 2 N–H and O–H groups in total. The fourth-order valence-electron chi connectivity index (χ4n) is 2.01. The Labute approximate surface area is 128 Å². The van der Waals surface area contributed by atoms with Crippen LogP contribution < -0.4 is 5.32 Å². The molecule has 2 aromatic rings. The van der Waals surface area contributed by atoms with Crippen molar-refractivity contribution in [3.8, 4) is 11.3 Å². The third kappa shape index (κ3) is 3.72. The number of aliphatic hydroxyl groups is 1. The van der Waals surface area contributed by atoms with Crippen LogP contribution in [0.1, 0.15) is 24.7 Å². The first-order valence-corrected chi connectivity index (χ1v) is 7.62. The van der Waals surface area contributed by atoms with Crippen LogP contribution in [0.3, 0.4) is 0 Å². The lowest BCUT2D eigenvalue weighted by Gasteiger charge is -2.12. The third-order valence-corrected chi connectivity index (χ3v) is 4.27. The molecule has 0 radical (unpaired) electrons. The molecule has 0 spiro atoms. The summed E-state index contributed by atoms with van der Waals surface area (Å²) in [5.41, 5.74) is 2.26. The highest BCUT2D eigenvalue weighted by Crippen LogP contribution is 2.26. The highest BCUT2D eigenvalue weighted by molar-refractivity contribution is 9.10. The van der Waals surface area contributed by atoms with Gasteiger partial charge in [0, 0.05) is 16.1 Å². The lowest BCUT2D eigenvalue weighted by atomic mass is 10.1. The number of furan rings is 1. The molecule has 3 nitrogen and oxygen atoms in total. The summed E-state index contributed by atoms with van der Waals surface area (Å²) in [5.74, 6) is 1.75. The summed E-state index contributed by atoms with van der Waals surface area (Å²) in [4.78, 5) is 0. The molecular weight excluding hydrogens is 318 g/mol. The number of halogens is 1. The average Bonchev–Trinajstić information content (AvgIpc) is 2.92. The van der Waals surface area contributed by atoms with Crippen molar-refractivity contribution >= 4 is 15.9 Å². The van der Waals surface area contributed by atoms with Crippen LogP contribution in [0.15, 0.2) is 39.2 Å². The van der Waals surface area contributed by atoms with Gasteiger partial charge in [0.1, 0.15) is 11.5 Å². The smallest absolute Gasteiger partial charge is 0.134 e. The molecule has 1 aromatic carbocycles. The Bertz CT molecular complexity index is 561. The van der Waals surface area contributed by atoms with E-state index in [-0.39, 0.29) is 12.6 Å². The summed E-state index contributed by atoms with van der Waals surface area (Å²) >= 11 is 3.50. The quantitative estimate of drug-likeness (QED) is 0.840. The van der Waals surface area contributed by atoms with Gasteiger partial charge in [-0.3, -0.25) is 0 Å². The fourth-order valence-corrected chi connectivity index (χ4v) is 2.26. The van der Waals surface area contributed by atoms with E-state index in [9.17, 15) is 0 Å². The van der Waals surface area contributed by atoms with E-state index >= 15 is 0 Å². The summed E-state index contributed by atoms with van der Waals surface area (Å²) in [5, 5.41) is 12.4. The van der Waals surface area contributed by atoms with Gasteiger partial charge in [0.25, 0.3) is 0 Å². The molecule has 0 amide bonds. The number of hydrogen-bond acceptors (Lipinski definition) is 3. The van der Waals surface area contributed by atoms with Crippen molar-refractivity contribution < 1.29 is 9.52 Å². The van der Waals surface area contributed by atoms with E-state index in [1.165, 1.54) is 5.56 Å². The molecule has 0 saturated heterocycles. The van der Waals surface area contributed by atoms with E-state index < -0.39 is 0 Å². The fraction of sp³-hybridized carbons (Fsp3) is 0.375. The van der Waals surface area contributed by atoms with E-state index in [0.29, 0.717) is 6.54 Å². The third-order valence-electron chi connectivity index (χ3n) is 3.38. The van der Waals surface area contributed by atoms with Crippen LogP contribution in [0.25, 0.3) is 11.3 Å². The monoisotopic (exact) mass is 337 g/mol. The van der Waals surface area contributed by atoms with Crippen LogP contribution in [0.4, 0.5) is 0 Å². The Morgan fingerprint density at radius 2 is 2.10 bits per heavy atom. The first-order chi connectivity index (χ1) is 9.63. The van der Waals surface area contributed by atoms with Crippen LogP contribution in [-0.2, 0) is 6.54 Å². The molecule has 0 bridgehead atoms. The number of hydrogen-bond donors (Lipinski definition) is 2. The van der Waals surface area contributed by atoms with Gasteiger partial charge in [0.2, 0.25) is 0 Å². The summed E-state index contributed by atoms with van der Waals surface area (Å²) in [6.07, 6.45) is 0.899. The minimum Gasteiger partial charge on any atom is -0.460 e. The zero-order valence-corrected chi connectivity index (χ0v) is 13.4. The van der Waals surface area contributed by atoms with Crippen molar-refractivity contribution in [2.75, 3.05) is 6.61 Å². The van der Waals surface area contributed by atoms with Gasteiger partial charge in [-0.1, -0.05) is 28.9 Å². The van der Waals surface area contributed by atoms with Crippen molar-refractivity contribution in [1.29, 1.82) is 0 Å². The molecule has 0 aliphatic heterocycles. The van der Waals surface area contributed by atoms with E-state index in [0.717, 1.165) is 28.0 Å². The summed E-state index contributed by atoms with van der Waals surface area (Å²) in [7, 11) is 0. The molecule has 0 aliphatic rings. The maximum Gasteiger partial charge on any atom is 0.134 e. The Morgan fingerprint density at radius 1 is 1.30 bits per heavy atom. The van der Waals surface area contributed by atoms with Gasteiger partial charge in [-0.05, 0) is 43.2 Å². The molecule has 20 heavy (non-hydrogen) atoms. The Balaban J connectivity index is 2.06. The highest BCUT2D eigenvalue weighted by Gasteiger charge is 2.08. The summed E-state index contributed by atoms with van der Waals surface area (Å²) < 4.78 is 6.94. The van der Waals surface area contributed by atoms with Gasteiger partial charge >= 0.3 is 0 Å². The van der Waals surface area contributed by atoms with Gasteiger partial charge < -0.3 is 14.8 Å². The molecule has 0 fully saturated rings. The maximum atomic E-state index is 9.15. The minimum atomic E-state index is 0.124. The number of rotatable bonds is 6. The van der Waals surface area contributed by atoms with Crippen molar-refractivity contribution in [3.63, 3.8) is 0 Å². The van der Waals surface area contributed by atoms with Crippen molar-refractivity contribution in [2.24, 2.45) is 0 Å². The van der Waals surface area contributed by atoms with Crippen LogP contribution in [-0.4, -0.2) is 17.8 Å². The number of nitrogens with one attached hydrogen (secondary N) is 1. The van der Waals surface area contributed by atoms with Gasteiger partial charge in [0.15, 0.2) is 0 Å². The SMILES string of the molecule is CCC(CO)NCc1ccc(-c2ccc(Br)c(C)c2)o1. The Kier molecular flexibility index (Phi) is 5.40. The Hall–Kier alpha value is -1.10.